The van der Waals surface area contributed by atoms with Crippen molar-refractivity contribution in [2.75, 3.05) is 11.9 Å². The molecule has 8 nitrogen and oxygen atoms in total. The number of anilines is 1. The van der Waals surface area contributed by atoms with Crippen LogP contribution in [0, 0.1) is 23.7 Å². The van der Waals surface area contributed by atoms with E-state index in [9.17, 15) is 19.5 Å². The van der Waals surface area contributed by atoms with Gasteiger partial charge in [0.25, 0.3) is 5.91 Å². The maximum absolute atomic E-state index is 12.9. The highest BCUT2D eigenvalue weighted by atomic mass is 16.4. The molecule has 0 aromatic carbocycles. The topological polar surface area (TPSA) is 113 Å². The largest absolute Gasteiger partial charge is 0.481 e. The quantitative estimate of drug-likeness (QED) is 0.683. The molecule has 1 aromatic rings. The summed E-state index contributed by atoms with van der Waals surface area (Å²) in [5.41, 5.74) is 0.515. The van der Waals surface area contributed by atoms with Gasteiger partial charge in [-0.15, -0.1) is 0 Å². The predicted octanol–water partition coefficient (Wildman–Crippen LogP) is 1.73. The van der Waals surface area contributed by atoms with Gasteiger partial charge in [-0.25, -0.2) is 0 Å². The summed E-state index contributed by atoms with van der Waals surface area (Å²) in [6.45, 7) is 4.94. The SMILES string of the molecule is CCCNC(=O)c1nn(CC)cc1NC(=O)[C@@H]1[C@@H]2CC[C@@H](C2)[C@@H]1C(=O)O. The number of carbonyl (C=O) groups excluding carboxylic acids is 2. The summed E-state index contributed by atoms with van der Waals surface area (Å²) < 4.78 is 1.59. The monoisotopic (exact) mass is 362 g/mol. The molecule has 1 aromatic heterocycles. The van der Waals surface area contributed by atoms with Crippen molar-refractivity contribution >= 4 is 23.5 Å². The molecule has 142 valence electrons. The van der Waals surface area contributed by atoms with Crippen LogP contribution < -0.4 is 10.6 Å². The van der Waals surface area contributed by atoms with Gasteiger partial charge in [-0.2, -0.15) is 5.10 Å². The van der Waals surface area contributed by atoms with Crippen LogP contribution in [0.3, 0.4) is 0 Å². The van der Waals surface area contributed by atoms with Gasteiger partial charge in [0.15, 0.2) is 5.69 Å². The summed E-state index contributed by atoms with van der Waals surface area (Å²) in [6.07, 6.45) is 5.00. The van der Waals surface area contributed by atoms with Crippen LogP contribution in [0.25, 0.3) is 0 Å². The molecule has 2 saturated carbocycles. The molecule has 4 atom stereocenters. The van der Waals surface area contributed by atoms with Crippen LogP contribution in [0.2, 0.25) is 0 Å². The third kappa shape index (κ3) is 3.32. The Labute approximate surface area is 152 Å². The second kappa shape index (κ2) is 7.47. The Kier molecular flexibility index (Phi) is 5.29. The van der Waals surface area contributed by atoms with Crippen LogP contribution in [-0.2, 0) is 16.1 Å². The molecule has 2 fully saturated rings. The highest BCUT2D eigenvalue weighted by Crippen LogP contribution is 2.52. The van der Waals surface area contributed by atoms with E-state index in [-0.39, 0.29) is 29.3 Å². The van der Waals surface area contributed by atoms with E-state index in [2.05, 4.69) is 15.7 Å². The molecule has 0 spiro atoms. The number of hydrogen-bond donors (Lipinski definition) is 3. The first-order valence-electron chi connectivity index (χ1n) is 9.35. The molecule has 2 aliphatic rings. The van der Waals surface area contributed by atoms with E-state index in [1.165, 1.54) is 0 Å². The van der Waals surface area contributed by atoms with E-state index >= 15 is 0 Å². The fourth-order valence-corrected chi connectivity index (χ4v) is 4.40. The van der Waals surface area contributed by atoms with Gasteiger partial charge in [0, 0.05) is 19.3 Å². The minimum absolute atomic E-state index is 0.0824. The lowest BCUT2D eigenvalue weighted by atomic mass is 9.78. The van der Waals surface area contributed by atoms with Gasteiger partial charge < -0.3 is 15.7 Å². The van der Waals surface area contributed by atoms with Gasteiger partial charge in [0.1, 0.15) is 0 Å². The molecular weight excluding hydrogens is 336 g/mol. The number of carbonyl (C=O) groups is 3. The number of rotatable bonds is 7. The molecule has 2 aliphatic carbocycles. The first-order valence-corrected chi connectivity index (χ1v) is 9.35. The van der Waals surface area contributed by atoms with E-state index in [0.29, 0.717) is 18.8 Å². The van der Waals surface area contributed by atoms with E-state index in [4.69, 9.17) is 0 Å². The standard InChI is InChI=1S/C18H26N4O4/c1-3-7-19-17(24)15-12(9-22(4-2)21-15)20-16(23)13-10-5-6-11(8-10)14(13)18(25)26/h9-11,13-14H,3-8H2,1-2H3,(H,19,24)(H,20,23)(H,25,26)/t10-,11+,13-,14+/m1/s1. The maximum atomic E-state index is 12.9. The highest BCUT2D eigenvalue weighted by Gasteiger charge is 2.54. The van der Waals surface area contributed by atoms with Crippen molar-refractivity contribution in [3.8, 4) is 0 Å². The molecule has 3 N–H and O–H groups in total. The zero-order valence-electron chi connectivity index (χ0n) is 15.2. The number of amides is 2. The zero-order valence-corrected chi connectivity index (χ0v) is 15.2. The fraction of sp³-hybridized carbons (Fsp3) is 0.667. The second-order valence-corrected chi connectivity index (χ2v) is 7.22. The molecule has 2 bridgehead atoms. The van der Waals surface area contributed by atoms with Crippen LogP contribution in [0.4, 0.5) is 5.69 Å². The van der Waals surface area contributed by atoms with Gasteiger partial charge in [0.05, 0.1) is 17.5 Å². The molecule has 3 rings (SSSR count). The lowest BCUT2D eigenvalue weighted by molar-refractivity contribution is -0.148. The number of nitrogens with zero attached hydrogens (tertiary/aromatic N) is 2. The molecule has 0 saturated heterocycles. The van der Waals surface area contributed by atoms with Crippen molar-refractivity contribution in [3.63, 3.8) is 0 Å². The number of hydrogen-bond acceptors (Lipinski definition) is 4. The Morgan fingerprint density at radius 1 is 1.23 bits per heavy atom. The Balaban J connectivity index is 1.79. The molecule has 0 unspecified atom stereocenters. The fourth-order valence-electron chi connectivity index (χ4n) is 4.40. The van der Waals surface area contributed by atoms with Gasteiger partial charge in [-0.3, -0.25) is 19.1 Å². The first-order chi connectivity index (χ1) is 12.5. The molecule has 8 heteroatoms. The number of nitrogens with one attached hydrogen (secondary N) is 2. The summed E-state index contributed by atoms with van der Waals surface area (Å²) in [6, 6.07) is 0. The summed E-state index contributed by atoms with van der Waals surface area (Å²) in [7, 11) is 0. The van der Waals surface area contributed by atoms with E-state index in [1.807, 2.05) is 13.8 Å². The minimum Gasteiger partial charge on any atom is -0.481 e. The third-order valence-electron chi connectivity index (χ3n) is 5.60. The third-order valence-corrected chi connectivity index (χ3v) is 5.60. The number of fused-ring (bicyclic) bond motifs is 2. The zero-order chi connectivity index (χ0) is 18.8. The molecule has 26 heavy (non-hydrogen) atoms. The Morgan fingerprint density at radius 2 is 1.92 bits per heavy atom. The summed E-state index contributed by atoms with van der Waals surface area (Å²) >= 11 is 0. The number of aliphatic carboxylic acids is 1. The lowest BCUT2D eigenvalue weighted by Crippen LogP contribution is -2.38. The van der Waals surface area contributed by atoms with Crippen LogP contribution in [-0.4, -0.2) is 39.2 Å². The van der Waals surface area contributed by atoms with Crippen molar-refractivity contribution in [2.45, 2.75) is 46.1 Å². The van der Waals surface area contributed by atoms with E-state index in [1.54, 1.807) is 10.9 Å². The molecular formula is C18H26N4O4. The minimum atomic E-state index is -0.900. The van der Waals surface area contributed by atoms with Gasteiger partial charge in [-0.05, 0) is 44.4 Å². The van der Waals surface area contributed by atoms with Crippen LogP contribution in [0.1, 0.15) is 50.0 Å². The number of carboxylic acids is 1. The Bertz CT molecular complexity index is 714. The Hall–Kier alpha value is -2.38. The van der Waals surface area contributed by atoms with Gasteiger partial charge in [-0.1, -0.05) is 6.92 Å². The smallest absolute Gasteiger partial charge is 0.307 e. The molecule has 1 heterocycles. The van der Waals surface area contributed by atoms with Crippen molar-refractivity contribution < 1.29 is 19.5 Å². The highest BCUT2D eigenvalue weighted by molar-refractivity contribution is 6.03. The van der Waals surface area contributed by atoms with E-state index < -0.39 is 17.8 Å². The normalized spacial score (nSPS) is 26.7. The first kappa shape index (κ1) is 18.4. The number of carboxylic acid groups (broad SMARTS) is 1. The van der Waals surface area contributed by atoms with Crippen molar-refractivity contribution in [2.24, 2.45) is 23.7 Å². The van der Waals surface area contributed by atoms with Crippen LogP contribution >= 0.6 is 0 Å². The van der Waals surface area contributed by atoms with Crippen LogP contribution in [0.5, 0.6) is 0 Å². The van der Waals surface area contributed by atoms with Crippen molar-refractivity contribution in [1.82, 2.24) is 15.1 Å². The number of aromatic nitrogens is 2. The Morgan fingerprint density at radius 3 is 2.54 bits per heavy atom. The summed E-state index contributed by atoms with van der Waals surface area (Å²) in [4.78, 5) is 36.8. The van der Waals surface area contributed by atoms with Gasteiger partial charge in [0.2, 0.25) is 5.91 Å². The summed E-state index contributed by atoms with van der Waals surface area (Å²) in [5.74, 6) is -2.53. The lowest BCUT2D eigenvalue weighted by Gasteiger charge is -2.26. The molecule has 2 amide bonds. The second-order valence-electron chi connectivity index (χ2n) is 7.22. The summed E-state index contributed by atoms with van der Waals surface area (Å²) in [5, 5.41) is 19.3. The van der Waals surface area contributed by atoms with E-state index in [0.717, 1.165) is 25.7 Å². The van der Waals surface area contributed by atoms with Crippen molar-refractivity contribution in [3.05, 3.63) is 11.9 Å². The maximum Gasteiger partial charge on any atom is 0.307 e. The predicted molar refractivity (Wildman–Crippen MR) is 94.6 cm³/mol. The van der Waals surface area contributed by atoms with Crippen molar-refractivity contribution in [1.29, 1.82) is 0 Å². The average Bonchev–Trinajstić information content (AvgIpc) is 3.32. The number of aryl methyl sites for hydroxylation is 1. The average molecular weight is 362 g/mol. The molecule has 0 aliphatic heterocycles. The van der Waals surface area contributed by atoms with Gasteiger partial charge >= 0.3 is 5.97 Å². The molecule has 0 radical (unpaired) electrons. The van der Waals surface area contributed by atoms with Crippen LogP contribution in [0.15, 0.2) is 6.20 Å².